The normalized spacial score (nSPS) is 14.3. The number of ether oxygens (including phenoxy) is 3. The van der Waals surface area contributed by atoms with Crippen molar-refractivity contribution in [1.82, 2.24) is 5.32 Å². The van der Waals surface area contributed by atoms with Gasteiger partial charge in [0.05, 0.1) is 12.1 Å². The molecule has 2 aromatic rings. The van der Waals surface area contributed by atoms with E-state index in [2.05, 4.69) is 10.3 Å². The summed E-state index contributed by atoms with van der Waals surface area (Å²) < 4.78 is 42.3. The average Bonchev–Trinajstić information content (AvgIpc) is 2.82. The number of carbonyl (C=O) groups excluding carboxylic acids is 2. The topological polar surface area (TPSA) is 86.2 Å². The Kier molecular flexibility index (Phi) is 7.67. The van der Waals surface area contributed by atoms with Gasteiger partial charge >= 0.3 is 11.9 Å². The smallest absolute Gasteiger partial charge is 0.376 e. The number of allylic oxidation sites excluding steroid dienone is 1. The number of hydrogen-bond donors (Lipinski definition) is 1. The highest BCUT2D eigenvalue weighted by atomic mass is 19.2. The molecule has 9 heteroatoms. The number of nitrogens with one attached hydrogen (secondary N) is 1. The van der Waals surface area contributed by atoms with E-state index in [0.717, 1.165) is 17.7 Å². The van der Waals surface area contributed by atoms with Gasteiger partial charge in [0.15, 0.2) is 11.6 Å². The van der Waals surface area contributed by atoms with E-state index in [0.29, 0.717) is 17.7 Å². The van der Waals surface area contributed by atoms with Crippen molar-refractivity contribution < 1.29 is 32.6 Å². The van der Waals surface area contributed by atoms with Gasteiger partial charge in [0.1, 0.15) is 6.61 Å². The van der Waals surface area contributed by atoms with Gasteiger partial charge < -0.3 is 19.5 Å². The Labute approximate surface area is 183 Å². The van der Waals surface area contributed by atoms with Gasteiger partial charge in [-0.25, -0.2) is 18.4 Å². The molecular weight excluding hydrogens is 422 g/mol. The summed E-state index contributed by atoms with van der Waals surface area (Å²) in [6.45, 7) is 1.85. The molecule has 2 aromatic carbocycles. The molecule has 1 N–H and O–H groups in total. The van der Waals surface area contributed by atoms with Crippen LogP contribution < -0.4 is 5.32 Å². The SMILES string of the molecule is CCC1=C(C(=O)OCc2ccccc2)CN=C(C(=O)OC(OC)c2ccc(F)c(F)c2)N1. The fraction of sp³-hybridized carbons (Fsp3) is 0.261. The minimum Gasteiger partial charge on any atom is -0.457 e. The molecule has 0 fully saturated rings. The number of aliphatic imine (C=N–C) groups is 1. The predicted octanol–water partition coefficient (Wildman–Crippen LogP) is 3.56. The van der Waals surface area contributed by atoms with Crippen LogP contribution in [0.1, 0.15) is 30.8 Å². The minimum absolute atomic E-state index is 0.0724. The van der Waals surface area contributed by atoms with E-state index in [-0.39, 0.29) is 24.6 Å². The van der Waals surface area contributed by atoms with Crippen molar-refractivity contribution in [3.05, 3.63) is 82.6 Å². The zero-order chi connectivity index (χ0) is 23.1. The number of esters is 2. The van der Waals surface area contributed by atoms with E-state index in [1.165, 1.54) is 13.2 Å². The van der Waals surface area contributed by atoms with E-state index in [1.54, 1.807) is 6.92 Å². The molecule has 0 amide bonds. The maximum Gasteiger partial charge on any atom is 0.376 e. The molecule has 32 heavy (non-hydrogen) atoms. The predicted molar refractivity (Wildman–Crippen MR) is 111 cm³/mol. The van der Waals surface area contributed by atoms with Gasteiger partial charge in [0.25, 0.3) is 0 Å². The summed E-state index contributed by atoms with van der Waals surface area (Å²) in [6, 6.07) is 12.3. The lowest BCUT2D eigenvalue weighted by Crippen LogP contribution is -2.38. The fourth-order valence-electron chi connectivity index (χ4n) is 2.99. The highest BCUT2D eigenvalue weighted by Gasteiger charge is 2.27. The second kappa shape index (κ2) is 10.6. The number of carbonyl (C=O) groups is 2. The molecule has 1 heterocycles. The van der Waals surface area contributed by atoms with Crippen LogP contribution in [0.2, 0.25) is 0 Å². The van der Waals surface area contributed by atoms with Crippen LogP contribution >= 0.6 is 0 Å². The van der Waals surface area contributed by atoms with Gasteiger partial charge in [-0.1, -0.05) is 37.3 Å². The second-order valence-electron chi connectivity index (χ2n) is 6.81. The number of nitrogens with zero attached hydrogens (tertiary/aromatic N) is 1. The van der Waals surface area contributed by atoms with Crippen LogP contribution in [0.15, 0.2) is 64.8 Å². The molecule has 1 unspecified atom stereocenters. The van der Waals surface area contributed by atoms with Crippen LogP contribution in [0.25, 0.3) is 0 Å². The lowest BCUT2D eigenvalue weighted by molar-refractivity contribution is -0.167. The molecule has 1 aliphatic heterocycles. The van der Waals surface area contributed by atoms with Crippen molar-refractivity contribution in [2.24, 2.45) is 4.99 Å². The number of benzene rings is 2. The lowest BCUT2D eigenvalue weighted by Gasteiger charge is -2.22. The average molecular weight is 444 g/mol. The molecule has 0 spiro atoms. The van der Waals surface area contributed by atoms with E-state index < -0.39 is 29.9 Å². The van der Waals surface area contributed by atoms with Crippen LogP contribution in [0.3, 0.4) is 0 Å². The molecule has 1 atom stereocenters. The Morgan fingerprint density at radius 1 is 1.09 bits per heavy atom. The molecule has 3 rings (SSSR count). The van der Waals surface area contributed by atoms with Crippen molar-refractivity contribution in [1.29, 1.82) is 0 Å². The minimum atomic E-state index is -1.27. The molecule has 0 bridgehead atoms. The van der Waals surface area contributed by atoms with E-state index in [4.69, 9.17) is 14.2 Å². The van der Waals surface area contributed by atoms with Crippen LogP contribution in [0.4, 0.5) is 8.78 Å². The van der Waals surface area contributed by atoms with E-state index in [9.17, 15) is 18.4 Å². The lowest BCUT2D eigenvalue weighted by atomic mass is 10.1. The van der Waals surface area contributed by atoms with Crippen LogP contribution in [-0.2, 0) is 30.4 Å². The summed E-state index contributed by atoms with van der Waals surface area (Å²) in [7, 11) is 1.26. The second-order valence-corrected chi connectivity index (χ2v) is 6.81. The first-order valence-electron chi connectivity index (χ1n) is 9.86. The van der Waals surface area contributed by atoms with E-state index >= 15 is 0 Å². The summed E-state index contributed by atoms with van der Waals surface area (Å²) in [5.41, 5.74) is 1.75. The Morgan fingerprint density at radius 3 is 2.50 bits per heavy atom. The zero-order valence-electron chi connectivity index (χ0n) is 17.6. The molecule has 1 aliphatic rings. The number of rotatable bonds is 8. The van der Waals surface area contributed by atoms with Gasteiger partial charge in [-0.2, -0.15) is 0 Å². The molecule has 7 nitrogen and oxygen atoms in total. The Bertz CT molecular complexity index is 1050. The molecule has 0 saturated carbocycles. The summed E-state index contributed by atoms with van der Waals surface area (Å²) in [5, 5.41) is 2.80. The molecule has 0 saturated heterocycles. The Hall–Kier alpha value is -3.59. The maximum atomic E-state index is 13.5. The van der Waals surface area contributed by atoms with Gasteiger partial charge in [0.2, 0.25) is 12.1 Å². The highest BCUT2D eigenvalue weighted by Crippen LogP contribution is 2.22. The molecule has 0 aliphatic carbocycles. The summed E-state index contributed by atoms with van der Waals surface area (Å²) in [5.74, 6) is -3.66. The summed E-state index contributed by atoms with van der Waals surface area (Å²) >= 11 is 0. The number of halogens is 2. The summed E-state index contributed by atoms with van der Waals surface area (Å²) in [6.07, 6.45) is -0.854. The maximum absolute atomic E-state index is 13.5. The van der Waals surface area contributed by atoms with Crippen LogP contribution in [-0.4, -0.2) is 31.4 Å². The molecule has 168 valence electrons. The largest absolute Gasteiger partial charge is 0.457 e. The molecular formula is C23H22F2N2O5. The van der Waals surface area contributed by atoms with Gasteiger partial charge in [-0.3, -0.25) is 4.99 Å². The Morgan fingerprint density at radius 2 is 1.84 bits per heavy atom. The monoisotopic (exact) mass is 444 g/mol. The van der Waals surface area contributed by atoms with Crippen molar-refractivity contribution >= 4 is 17.8 Å². The molecule has 0 radical (unpaired) electrons. The van der Waals surface area contributed by atoms with E-state index in [1.807, 2.05) is 30.3 Å². The summed E-state index contributed by atoms with van der Waals surface area (Å²) in [4.78, 5) is 29.1. The van der Waals surface area contributed by atoms with Crippen LogP contribution in [0, 0.1) is 11.6 Å². The van der Waals surface area contributed by atoms with Gasteiger partial charge in [-0.05, 0) is 30.2 Å². The van der Waals surface area contributed by atoms with Crippen molar-refractivity contribution in [2.75, 3.05) is 13.7 Å². The third-order valence-corrected chi connectivity index (χ3v) is 4.68. The number of methoxy groups -OCH3 is 1. The van der Waals surface area contributed by atoms with Gasteiger partial charge in [-0.15, -0.1) is 0 Å². The zero-order valence-corrected chi connectivity index (χ0v) is 17.6. The fourth-order valence-corrected chi connectivity index (χ4v) is 2.99. The third kappa shape index (κ3) is 5.55. The standard InChI is InChI=1S/C23H22F2N2O5/c1-3-19-16(21(28)31-13-14-7-5-4-6-8-14)12-26-20(27-19)22(29)32-23(30-2)15-9-10-17(24)18(25)11-15/h4-11,23H,3,12-13H2,1-2H3,(H,26,27). The Balaban J connectivity index is 1.64. The van der Waals surface area contributed by atoms with Gasteiger partial charge in [0, 0.05) is 18.4 Å². The van der Waals surface area contributed by atoms with Crippen LogP contribution in [0.5, 0.6) is 0 Å². The highest BCUT2D eigenvalue weighted by molar-refractivity contribution is 6.36. The number of amidine groups is 1. The first-order valence-corrected chi connectivity index (χ1v) is 9.86. The molecule has 0 aromatic heterocycles. The van der Waals surface area contributed by atoms with Crippen molar-refractivity contribution in [2.45, 2.75) is 26.2 Å². The quantitative estimate of drug-likeness (QED) is 0.495. The van der Waals surface area contributed by atoms with Crippen molar-refractivity contribution in [3.8, 4) is 0 Å². The van der Waals surface area contributed by atoms with Crippen molar-refractivity contribution in [3.63, 3.8) is 0 Å². The first kappa shape index (κ1) is 23.1. The third-order valence-electron chi connectivity index (χ3n) is 4.68. The first-order chi connectivity index (χ1) is 15.4. The number of hydrogen-bond acceptors (Lipinski definition) is 7.